The van der Waals surface area contributed by atoms with E-state index in [1.807, 2.05) is 0 Å². The highest BCUT2D eigenvalue weighted by atomic mass is 19.4. The first-order chi connectivity index (χ1) is 6.69. The third-order valence-corrected chi connectivity index (χ3v) is 2.61. The van der Waals surface area contributed by atoms with Crippen molar-refractivity contribution in [2.24, 2.45) is 11.3 Å². The van der Waals surface area contributed by atoms with Crippen LogP contribution in [0.4, 0.5) is 26.3 Å². The van der Waals surface area contributed by atoms with Gasteiger partial charge in [0.2, 0.25) is 0 Å². The van der Waals surface area contributed by atoms with Crippen molar-refractivity contribution in [2.75, 3.05) is 0 Å². The molecule has 1 unspecified atom stereocenters. The average Bonchev–Trinajstić information content (AvgIpc) is 1.97. The molecule has 0 radical (unpaired) electrons. The first-order valence-electron chi connectivity index (χ1n) is 4.83. The van der Waals surface area contributed by atoms with Gasteiger partial charge in [-0.3, -0.25) is 0 Å². The van der Waals surface area contributed by atoms with E-state index in [2.05, 4.69) is 0 Å². The van der Waals surface area contributed by atoms with Crippen molar-refractivity contribution in [2.45, 2.75) is 52.4 Å². The molecule has 98 valence electrons. The smallest absolute Gasteiger partial charge is 0.226 e. The summed E-state index contributed by atoms with van der Waals surface area (Å²) in [6.45, 7) is 4.18. The molecule has 0 bridgehead atoms. The van der Waals surface area contributed by atoms with Crippen molar-refractivity contribution >= 4 is 0 Å². The fraction of sp³-hybridized carbons (Fsp3) is 1.00. The summed E-state index contributed by atoms with van der Waals surface area (Å²) >= 11 is 0. The zero-order valence-electron chi connectivity index (χ0n) is 9.85. The summed E-state index contributed by atoms with van der Waals surface area (Å²) in [6, 6.07) is 0. The van der Waals surface area contributed by atoms with E-state index in [0.29, 0.717) is 0 Å². The molecule has 0 amide bonds. The Morgan fingerprint density at radius 2 is 1.06 bits per heavy atom. The van der Waals surface area contributed by atoms with E-state index in [-0.39, 0.29) is 0 Å². The number of halogens is 6. The molecule has 0 fully saturated rings. The second-order valence-electron chi connectivity index (χ2n) is 5.18. The van der Waals surface area contributed by atoms with E-state index < -0.39 is 29.1 Å². The standard InChI is InChI=1S/C10H16F6/c1-6(2)8(11,12)9(13,7(3,4)5)10(14,15)16/h6H,1-5H3. The van der Waals surface area contributed by atoms with Crippen molar-refractivity contribution < 1.29 is 26.3 Å². The van der Waals surface area contributed by atoms with Crippen molar-refractivity contribution in [3.8, 4) is 0 Å². The van der Waals surface area contributed by atoms with Crippen LogP contribution in [0.15, 0.2) is 0 Å². The molecule has 16 heavy (non-hydrogen) atoms. The molecule has 0 saturated carbocycles. The summed E-state index contributed by atoms with van der Waals surface area (Å²) in [7, 11) is 0. The van der Waals surface area contributed by atoms with E-state index >= 15 is 0 Å². The number of hydrogen-bond donors (Lipinski definition) is 0. The molecule has 0 aliphatic heterocycles. The third kappa shape index (κ3) is 2.02. The van der Waals surface area contributed by atoms with E-state index in [0.717, 1.165) is 34.6 Å². The van der Waals surface area contributed by atoms with Crippen molar-refractivity contribution in [1.29, 1.82) is 0 Å². The number of rotatable bonds is 2. The summed E-state index contributed by atoms with van der Waals surface area (Å²) in [5, 5.41) is 0. The van der Waals surface area contributed by atoms with Gasteiger partial charge >= 0.3 is 6.18 Å². The summed E-state index contributed by atoms with van der Waals surface area (Å²) in [5.41, 5.74) is -6.78. The molecule has 0 spiro atoms. The fourth-order valence-electron chi connectivity index (χ4n) is 1.51. The first-order valence-corrected chi connectivity index (χ1v) is 4.83. The van der Waals surface area contributed by atoms with Crippen LogP contribution < -0.4 is 0 Å². The van der Waals surface area contributed by atoms with Gasteiger partial charge in [-0.05, 0) is 0 Å². The van der Waals surface area contributed by atoms with E-state index in [1.54, 1.807) is 0 Å². The van der Waals surface area contributed by atoms with Gasteiger partial charge in [0, 0.05) is 11.3 Å². The normalized spacial score (nSPS) is 18.8. The monoisotopic (exact) mass is 250 g/mol. The Morgan fingerprint density at radius 1 is 0.750 bits per heavy atom. The maximum Gasteiger partial charge on any atom is 0.429 e. The molecule has 0 saturated heterocycles. The maximum atomic E-state index is 14.0. The topological polar surface area (TPSA) is 0 Å². The van der Waals surface area contributed by atoms with Gasteiger partial charge < -0.3 is 0 Å². The Labute approximate surface area is 91.0 Å². The molecule has 0 N–H and O–H groups in total. The van der Waals surface area contributed by atoms with E-state index in [4.69, 9.17) is 0 Å². The Balaban J connectivity index is 5.81. The minimum atomic E-state index is -5.61. The molecule has 0 rings (SSSR count). The van der Waals surface area contributed by atoms with Gasteiger partial charge in [0.1, 0.15) is 0 Å². The molecule has 0 nitrogen and oxygen atoms in total. The highest BCUT2D eigenvalue weighted by Crippen LogP contribution is 2.57. The summed E-state index contributed by atoms with van der Waals surface area (Å²) in [4.78, 5) is 0. The SMILES string of the molecule is CC(C)C(F)(F)C(F)(C(C)(C)C)C(F)(F)F. The molecular weight excluding hydrogens is 234 g/mol. The van der Waals surface area contributed by atoms with Crippen LogP contribution >= 0.6 is 0 Å². The molecule has 1 atom stereocenters. The van der Waals surface area contributed by atoms with Gasteiger partial charge in [-0.25, -0.2) is 13.2 Å². The zero-order chi connectivity index (χ0) is 13.6. The summed E-state index contributed by atoms with van der Waals surface area (Å²) in [5.74, 6) is -6.21. The van der Waals surface area contributed by atoms with Crippen molar-refractivity contribution in [3.63, 3.8) is 0 Å². The van der Waals surface area contributed by atoms with Crippen molar-refractivity contribution in [1.82, 2.24) is 0 Å². The number of alkyl halides is 6. The van der Waals surface area contributed by atoms with Crippen LogP contribution in [0.3, 0.4) is 0 Å². The summed E-state index contributed by atoms with van der Waals surface area (Å²) < 4.78 is 78.7. The molecular formula is C10H16F6. The van der Waals surface area contributed by atoms with Gasteiger partial charge in [0.25, 0.3) is 11.6 Å². The van der Waals surface area contributed by atoms with Crippen LogP contribution in [0.5, 0.6) is 0 Å². The van der Waals surface area contributed by atoms with Gasteiger partial charge in [0.05, 0.1) is 0 Å². The predicted molar refractivity (Wildman–Crippen MR) is 49.1 cm³/mol. The van der Waals surface area contributed by atoms with Crippen molar-refractivity contribution in [3.05, 3.63) is 0 Å². The molecule has 6 heteroatoms. The lowest BCUT2D eigenvalue weighted by atomic mass is 9.70. The highest BCUT2D eigenvalue weighted by molar-refractivity contribution is 5.08. The minimum absolute atomic E-state index is 0.816. The van der Waals surface area contributed by atoms with E-state index in [1.165, 1.54) is 0 Å². The third-order valence-electron chi connectivity index (χ3n) is 2.61. The largest absolute Gasteiger partial charge is 0.429 e. The lowest BCUT2D eigenvalue weighted by Crippen LogP contribution is -2.64. The zero-order valence-corrected chi connectivity index (χ0v) is 9.85. The van der Waals surface area contributed by atoms with Gasteiger partial charge in [0.15, 0.2) is 0 Å². The molecule has 0 heterocycles. The second-order valence-corrected chi connectivity index (χ2v) is 5.18. The van der Waals surface area contributed by atoms with Crippen LogP contribution in [0.1, 0.15) is 34.6 Å². The Kier molecular flexibility index (Phi) is 3.71. The molecule has 0 aliphatic rings. The minimum Gasteiger partial charge on any atom is -0.226 e. The van der Waals surface area contributed by atoms with Crippen LogP contribution in [-0.4, -0.2) is 17.8 Å². The first kappa shape index (κ1) is 15.6. The average molecular weight is 250 g/mol. The van der Waals surface area contributed by atoms with Gasteiger partial charge in [-0.2, -0.15) is 13.2 Å². The van der Waals surface area contributed by atoms with Crippen LogP contribution in [-0.2, 0) is 0 Å². The van der Waals surface area contributed by atoms with Gasteiger partial charge in [-0.15, -0.1) is 0 Å². The lowest BCUT2D eigenvalue weighted by molar-refractivity contribution is -0.343. The van der Waals surface area contributed by atoms with Gasteiger partial charge in [-0.1, -0.05) is 34.6 Å². The maximum absolute atomic E-state index is 14.0. The Morgan fingerprint density at radius 3 is 1.12 bits per heavy atom. The Bertz CT molecular complexity index is 231. The second kappa shape index (κ2) is 3.81. The predicted octanol–water partition coefficient (Wildman–Crippen LogP) is 4.59. The Hall–Kier alpha value is -0.420. The fourth-order valence-corrected chi connectivity index (χ4v) is 1.51. The van der Waals surface area contributed by atoms with Crippen LogP contribution in [0, 0.1) is 11.3 Å². The molecule has 0 aromatic heterocycles. The van der Waals surface area contributed by atoms with Crippen LogP contribution in [0.25, 0.3) is 0 Å². The summed E-state index contributed by atoms with van der Waals surface area (Å²) in [6.07, 6.45) is -5.61. The van der Waals surface area contributed by atoms with E-state index in [9.17, 15) is 26.3 Å². The molecule has 0 aromatic rings. The van der Waals surface area contributed by atoms with Crippen LogP contribution in [0.2, 0.25) is 0 Å². The lowest BCUT2D eigenvalue weighted by Gasteiger charge is -2.45. The number of hydrogen-bond acceptors (Lipinski definition) is 0. The molecule has 0 aromatic carbocycles. The quantitative estimate of drug-likeness (QED) is 0.628. The molecule has 0 aliphatic carbocycles. The highest BCUT2D eigenvalue weighted by Gasteiger charge is 2.76.